The van der Waals surface area contributed by atoms with E-state index in [1.54, 1.807) is 21.1 Å². The molecule has 2 saturated heterocycles. The van der Waals surface area contributed by atoms with E-state index in [1.165, 1.54) is 0 Å². The molecule has 1 atom stereocenters. The van der Waals surface area contributed by atoms with Crippen molar-refractivity contribution in [2.75, 3.05) is 26.2 Å². The number of urea groups is 1. The Morgan fingerprint density at radius 2 is 1.84 bits per heavy atom. The average molecular weight is 364 g/mol. The average Bonchev–Trinajstić information content (AvgIpc) is 3.09. The molecule has 0 bridgehead atoms. The van der Waals surface area contributed by atoms with Crippen LogP contribution in [-0.2, 0) is 20.8 Å². The van der Waals surface area contributed by atoms with Crippen LogP contribution >= 0.6 is 11.3 Å². The zero-order valence-corrected chi connectivity index (χ0v) is 14.5. The summed E-state index contributed by atoms with van der Waals surface area (Å²) in [7, 11) is 0. The molecule has 25 heavy (non-hydrogen) atoms. The number of nitrogens with one attached hydrogen (secondary N) is 2. The molecular weight excluding hydrogens is 344 g/mol. The van der Waals surface area contributed by atoms with Gasteiger partial charge in [-0.1, -0.05) is 6.07 Å². The number of carbonyl (C=O) groups is 4. The van der Waals surface area contributed by atoms with E-state index in [9.17, 15) is 19.2 Å². The molecule has 3 heterocycles. The van der Waals surface area contributed by atoms with Crippen molar-refractivity contribution >= 4 is 35.1 Å². The SMILES string of the molecule is O=C1NC(=O)C(CC(=O)N2CCCN(C(=O)Cc3cccs3)CC2)N1. The van der Waals surface area contributed by atoms with Gasteiger partial charge in [-0.3, -0.25) is 19.7 Å². The summed E-state index contributed by atoms with van der Waals surface area (Å²) in [6.45, 7) is 2.09. The highest BCUT2D eigenvalue weighted by atomic mass is 32.1. The topological polar surface area (TPSA) is 98.8 Å². The van der Waals surface area contributed by atoms with Crippen molar-refractivity contribution in [2.24, 2.45) is 0 Å². The number of hydrogen-bond donors (Lipinski definition) is 2. The Morgan fingerprint density at radius 3 is 2.44 bits per heavy atom. The van der Waals surface area contributed by atoms with E-state index in [0.29, 0.717) is 39.0 Å². The summed E-state index contributed by atoms with van der Waals surface area (Å²) in [6, 6.07) is 2.49. The minimum atomic E-state index is -0.806. The quantitative estimate of drug-likeness (QED) is 0.732. The first kappa shape index (κ1) is 17.4. The van der Waals surface area contributed by atoms with Crippen LogP contribution in [0.4, 0.5) is 4.79 Å². The minimum absolute atomic E-state index is 0.0548. The molecule has 9 heteroatoms. The van der Waals surface area contributed by atoms with Crippen LogP contribution in [0.25, 0.3) is 0 Å². The summed E-state index contributed by atoms with van der Waals surface area (Å²) in [5.74, 6) is -0.588. The second-order valence-corrected chi connectivity index (χ2v) is 7.12. The second kappa shape index (κ2) is 7.64. The maximum absolute atomic E-state index is 12.4. The molecule has 2 fully saturated rings. The zero-order valence-electron chi connectivity index (χ0n) is 13.7. The van der Waals surface area contributed by atoms with Gasteiger partial charge in [-0.25, -0.2) is 4.79 Å². The number of hydrogen-bond acceptors (Lipinski definition) is 5. The van der Waals surface area contributed by atoms with Crippen LogP contribution in [-0.4, -0.2) is 65.8 Å². The fourth-order valence-electron chi connectivity index (χ4n) is 3.00. The zero-order chi connectivity index (χ0) is 17.8. The van der Waals surface area contributed by atoms with Gasteiger partial charge in [0.05, 0.1) is 12.8 Å². The monoisotopic (exact) mass is 364 g/mol. The molecule has 0 spiro atoms. The number of carbonyl (C=O) groups excluding carboxylic acids is 4. The summed E-state index contributed by atoms with van der Waals surface area (Å²) < 4.78 is 0. The molecule has 5 amide bonds. The molecule has 8 nitrogen and oxygen atoms in total. The van der Waals surface area contributed by atoms with Crippen molar-refractivity contribution in [1.82, 2.24) is 20.4 Å². The van der Waals surface area contributed by atoms with Crippen LogP contribution in [0, 0.1) is 0 Å². The molecule has 2 aliphatic rings. The first-order valence-corrected chi connectivity index (χ1v) is 9.10. The van der Waals surface area contributed by atoms with E-state index >= 15 is 0 Å². The predicted octanol–water partition coefficient (Wildman–Crippen LogP) is -0.0504. The standard InChI is InChI=1S/C16H20N4O4S/c21-13(9-11-3-1-8-25-11)19-4-2-5-20(7-6-19)14(22)10-12-15(23)18-16(24)17-12/h1,3,8,12H,2,4-7,9-10H2,(H2,17,18,23,24). The summed E-state index contributed by atoms with van der Waals surface area (Å²) in [4.78, 5) is 51.9. The van der Waals surface area contributed by atoms with Crippen molar-refractivity contribution in [1.29, 1.82) is 0 Å². The molecule has 0 saturated carbocycles. The van der Waals surface area contributed by atoms with Crippen LogP contribution in [0.1, 0.15) is 17.7 Å². The van der Waals surface area contributed by atoms with Gasteiger partial charge >= 0.3 is 6.03 Å². The first-order valence-electron chi connectivity index (χ1n) is 8.22. The Hall–Kier alpha value is -2.42. The summed E-state index contributed by atoms with van der Waals surface area (Å²) in [6.07, 6.45) is 1.03. The number of amides is 5. The van der Waals surface area contributed by atoms with E-state index in [-0.39, 0.29) is 18.2 Å². The lowest BCUT2D eigenvalue weighted by molar-refractivity contribution is -0.134. The second-order valence-electron chi connectivity index (χ2n) is 6.09. The summed E-state index contributed by atoms with van der Waals surface area (Å²) in [5.41, 5.74) is 0. The van der Waals surface area contributed by atoms with Crippen molar-refractivity contribution < 1.29 is 19.2 Å². The smallest absolute Gasteiger partial charge is 0.322 e. The highest BCUT2D eigenvalue weighted by Gasteiger charge is 2.33. The van der Waals surface area contributed by atoms with Gasteiger partial charge in [0.15, 0.2) is 0 Å². The number of thiophene rings is 1. The molecular formula is C16H20N4O4S. The Bertz CT molecular complexity index is 676. The number of rotatable bonds is 4. The van der Waals surface area contributed by atoms with Crippen molar-refractivity contribution in [3.8, 4) is 0 Å². The molecule has 3 rings (SSSR count). The lowest BCUT2D eigenvalue weighted by Gasteiger charge is -2.23. The van der Waals surface area contributed by atoms with E-state index < -0.39 is 18.0 Å². The Balaban J connectivity index is 1.50. The van der Waals surface area contributed by atoms with Crippen LogP contribution in [0.5, 0.6) is 0 Å². The fraction of sp³-hybridized carbons (Fsp3) is 0.500. The predicted molar refractivity (Wildman–Crippen MR) is 90.9 cm³/mol. The highest BCUT2D eigenvalue weighted by molar-refractivity contribution is 7.10. The Morgan fingerprint density at radius 1 is 1.12 bits per heavy atom. The van der Waals surface area contributed by atoms with Gasteiger partial charge in [0.1, 0.15) is 6.04 Å². The maximum atomic E-state index is 12.4. The van der Waals surface area contributed by atoms with Crippen LogP contribution in [0.15, 0.2) is 17.5 Å². The Kier molecular flexibility index (Phi) is 5.32. The Labute approximate surface area is 149 Å². The molecule has 1 aromatic rings. The van der Waals surface area contributed by atoms with Gasteiger partial charge in [0.2, 0.25) is 11.8 Å². The number of imide groups is 1. The molecule has 0 aliphatic carbocycles. The largest absolute Gasteiger partial charge is 0.341 e. The van der Waals surface area contributed by atoms with Crippen LogP contribution in [0.3, 0.4) is 0 Å². The molecule has 134 valence electrons. The molecule has 2 N–H and O–H groups in total. The fourth-order valence-corrected chi connectivity index (χ4v) is 3.69. The lowest BCUT2D eigenvalue weighted by Crippen LogP contribution is -2.41. The third-order valence-electron chi connectivity index (χ3n) is 4.34. The third kappa shape index (κ3) is 4.36. The summed E-state index contributed by atoms with van der Waals surface area (Å²) in [5, 5.41) is 6.50. The van der Waals surface area contributed by atoms with Crippen LogP contribution < -0.4 is 10.6 Å². The van der Waals surface area contributed by atoms with Crippen LogP contribution in [0.2, 0.25) is 0 Å². The third-order valence-corrected chi connectivity index (χ3v) is 5.22. The lowest BCUT2D eigenvalue weighted by atomic mass is 10.2. The number of nitrogens with zero attached hydrogens (tertiary/aromatic N) is 2. The van der Waals surface area contributed by atoms with Crippen molar-refractivity contribution in [3.63, 3.8) is 0 Å². The van der Waals surface area contributed by atoms with Crippen molar-refractivity contribution in [2.45, 2.75) is 25.3 Å². The summed E-state index contributed by atoms with van der Waals surface area (Å²) >= 11 is 1.56. The molecule has 0 radical (unpaired) electrons. The normalized spacial score (nSPS) is 20.9. The molecule has 1 aromatic heterocycles. The molecule has 1 unspecified atom stereocenters. The van der Waals surface area contributed by atoms with Gasteiger partial charge < -0.3 is 15.1 Å². The van der Waals surface area contributed by atoms with E-state index in [1.807, 2.05) is 17.5 Å². The molecule has 0 aromatic carbocycles. The van der Waals surface area contributed by atoms with E-state index in [4.69, 9.17) is 0 Å². The van der Waals surface area contributed by atoms with Crippen molar-refractivity contribution in [3.05, 3.63) is 22.4 Å². The highest BCUT2D eigenvalue weighted by Crippen LogP contribution is 2.13. The van der Waals surface area contributed by atoms with Gasteiger partial charge in [-0.15, -0.1) is 11.3 Å². The maximum Gasteiger partial charge on any atom is 0.322 e. The van der Waals surface area contributed by atoms with Gasteiger partial charge in [-0.2, -0.15) is 0 Å². The first-order chi connectivity index (χ1) is 12.0. The van der Waals surface area contributed by atoms with Gasteiger partial charge in [-0.05, 0) is 17.9 Å². The minimum Gasteiger partial charge on any atom is -0.341 e. The molecule has 2 aliphatic heterocycles. The van der Waals surface area contributed by atoms with Gasteiger partial charge in [0.25, 0.3) is 5.91 Å². The van der Waals surface area contributed by atoms with E-state index in [0.717, 1.165) is 4.88 Å². The van der Waals surface area contributed by atoms with Gasteiger partial charge in [0, 0.05) is 31.1 Å². The van der Waals surface area contributed by atoms with E-state index in [2.05, 4.69) is 10.6 Å².